The monoisotopic (exact) mass is 975 g/mol. The van der Waals surface area contributed by atoms with E-state index in [0.29, 0.717) is 17.2 Å². The van der Waals surface area contributed by atoms with E-state index < -0.39 is 50.1 Å². The smallest absolute Gasteiger partial charge is 0.312 e. The molecule has 6 aromatic carbocycles. The van der Waals surface area contributed by atoms with Gasteiger partial charge in [0, 0.05) is 0 Å². The molecule has 1 unspecified atom stereocenters. The quantitative estimate of drug-likeness (QED) is 0.0538. The summed E-state index contributed by atoms with van der Waals surface area (Å²) in [6.45, 7) is 10.4. The van der Waals surface area contributed by atoms with E-state index in [0.717, 1.165) is 33.4 Å². The van der Waals surface area contributed by atoms with Crippen LogP contribution in [0.3, 0.4) is 0 Å². The lowest BCUT2D eigenvalue weighted by atomic mass is 9.77. The number of benzene rings is 6. The van der Waals surface area contributed by atoms with Gasteiger partial charge in [0.2, 0.25) is 0 Å². The summed E-state index contributed by atoms with van der Waals surface area (Å²) in [6, 6.07) is 52.6. The van der Waals surface area contributed by atoms with Gasteiger partial charge in [0.25, 0.3) is 0 Å². The standard InChI is InChI=1S/C57H59F2N5O6Si/c1-55(2,3)71(7,8)70-50-47(36-68-57(41-22-16-11-17-23-41,42-26-32-45(66-5)33-27-42)43-28-34-46(67-6)35-29-43)69-53(48(50)58)64-37-60-49-51(61-54(59)62-52(49)64)63-56(38-18-12-9-13-19-38,39-20-14-10-15-21-39)40-24-30-44(65-4)31-25-40/h9-35,37,47-48,50,53H,36H2,1-8H3,(H,61,62,63)/t47?,48-,50+,53+/m0/s1. The second-order valence-electron chi connectivity index (χ2n) is 19.2. The van der Waals surface area contributed by atoms with Crippen molar-refractivity contribution < 1.29 is 36.9 Å². The highest BCUT2D eigenvalue weighted by Gasteiger charge is 2.53. The summed E-state index contributed by atoms with van der Waals surface area (Å²) in [7, 11) is 2.17. The van der Waals surface area contributed by atoms with Crippen LogP contribution in [0.2, 0.25) is 18.1 Å². The Hall–Kier alpha value is -6.97. The minimum Gasteiger partial charge on any atom is -0.497 e. The molecule has 0 amide bonds. The second-order valence-corrected chi connectivity index (χ2v) is 23.9. The van der Waals surface area contributed by atoms with Crippen molar-refractivity contribution in [1.29, 1.82) is 0 Å². The zero-order chi connectivity index (χ0) is 50.0. The molecule has 1 fully saturated rings. The number of nitrogens with one attached hydrogen (secondary N) is 1. The summed E-state index contributed by atoms with van der Waals surface area (Å²) >= 11 is 0. The fourth-order valence-corrected chi connectivity index (χ4v) is 10.6. The molecule has 0 bridgehead atoms. The number of imidazole rings is 1. The Morgan fingerprint density at radius 3 is 1.52 bits per heavy atom. The second kappa shape index (κ2) is 20.0. The lowest BCUT2D eigenvalue weighted by Crippen LogP contribution is -2.49. The number of nitrogens with zero attached hydrogens (tertiary/aromatic N) is 4. The molecule has 0 aliphatic carbocycles. The van der Waals surface area contributed by atoms with Crippen molar-refractivity contribution in [1.82, 2.24) is 19.5 Å². The molecule has 0 radical (unpaired) electrons. The molecule has 366 valence electrons. The Morgan fingerprint density at radius 2 is 1.06 bits per heavy atom. The zero-order valence-electron chi connectivity index (χ0n) is 41.2. The van der Waals surface area contributed by atoms with E-state index in [9.17, 15) is 0 Å². The largest absolute Gasteiger partial charge is 0.497 e. The van der Waals surface area contributed by atoms with Gasteiger partial charge in [0.15, 0.2) is 37.7 Å². The van der Waals surface area contributed by atoms with Crippen LogP contribution in [0, 0.1) is 6.08 Å². The van der Waals surface area contributed by atoms with Gasteiger partial charge in [-0.1, -0.05) is 148 Å². The predicted octanol–water partition coefficient (Wildman–Crippen LogP) is 12.0. The number of anilines is 1. The van der Waals surface area contributed by atoms with Gasteiger partial charge in [-0.15, -0.1) is 0 Å². The van der Waals surface area contributed by atoms with Gasteiger partial charge in [0.1, 0.15) is 40.6 Å². The van der Waals surface area contributed by atoms with Gasteiger partial charge < -0.3 is 33.4 Å². The Labute approximate surface area is 414 Å². The molecule has 1 N–H and O–H groups in total. The average molecular weight is 976 g/mol. The number of fused-ring (bicyclic) bond motifs is 1. The molecule has 0 saturated carbocycles. The first-order valence-corrected chi connectivity index (χ1v) is 26.5. The topological polar surface area (TPSA) is 111 Å². The van der Waals surface area contributed by atoms with Crippen LogP contribution in [0.25, 0.3) is 11.2 Å². The number of hydrogen-bond donors (Lipinski definition) is 1. The van der Waals surface area contributed by atoms with Gasteiger partial charge in [-0.25, -0.2) is 9.37 Å². The molecule has 1 aliphatic rings. The first-order chi connectivity index (χ1) is 34.2. The molecule has 2 aromatic heterocycles. The van der Waals surface area contributed by atoms with E-state index in [1.54, 1.807) is 21.3 Å². The highest BCUT2D eigenvalue weighted by atomic mass is 28.4. The third kappa shape index (κ3) is 9.28. The number of hydrogen-bond acceptors (Lipinski definition) is 10. The lowest BCUT2D eigenvalue weighted by Gasteiger charge is -2.40. The maximum Gasteiger partial charge on any atom is 0.312 e. The van der Waals surface area contributed by atoms with Gasteiger partial charge in [-0.3, -0.25) is 4.57 Å². The highest BCUT2D eigenvalue weighted by molar-refractivity contribution is 6.74. The molecule has 1 saturated heterocycles. The van der Waals surface area contributed by atoms with E-state index in [1.165, 1.54) is 10.9 Å². The van der Waals surface area contributed by atoms with Gasteiger partial charge >= 0.3 is 6.08 Å². The fourth-order valence-electron chi connectivity index (χ4n) is 9.27. The summed E-state index contributed by atoms with van der Waals surface area (Å²) in [5.41, 5.74) is 2.78. The Kier molecular flexibility index (Phi) is 13.8. The highest BCUT2D eigenvalue weighted by Crippen LogP contribution is 2.47. The van der Waals surface area contributed by atoms with Crippen LogP contribution in [-0.4, -0.2) is 74.2 Å². The minimum absolute atomic E-state index is 0.0279. The molecular formula is C57H59F2N5O6Si. The fraction of sp³-hybridized carbons (Fsp3) is 0.281. The summed E-state index contributed by atoms with van der Waals surface area (Å²) in [5, 5.41) is 3.35. The van der Waals surface area contributed by atoms with Gasteiger partial charge in [0.05, 0.1) is 34.3 Å². The number of rotatable bonds is 17. The van der Waals surface area contributed by atoms with Crippen LogP contribution in [0.15, 0.2) is 170 Å². The van der Waals surface area contributed by atoms with E-state index in [2.05, 4.69) is 49.1 Å². The normalized spacial score (nSPS) is 17.5. The molecular weight excluding hydrogens is 917 g/mol. The van der Waals surface area contributed by atoms with Crippen molar-refractivity contribution in [2.45, 2.75) is 74.7 Å². The Balaban J connectivity index is 1.15. The van der Waals surface area contributed by atoms with E-state index in [-0.39, 0.29) is 28.6 Å². The molecule has 0 spiro atoms. The zero-order valence-corrected chi connectivity index (χ0v) is 42.2. The molecule has 14 heteroatoms. The van der Waals surface area contributed by atoms with Crippen LogP contribution in [-0.2, 0) is 25.0 Å². The number of halogens is 2. The first kappa shape index (κ1) is 49.0. The first-order valence-electron chi connectivity index (χ1n) is 23.6. The molecule has 3 heterocycles. The number of ether oxygens (including phenoxy) is 5. The molecule has 11 nitrogen and oxygen atoms in total. The van der Waals surface area contributed by atoms with Crippen molar-refractivity contribution in [3.05, 3.63) is 210 Å². The van der Waals surface area contributed by atoms with E-state index >= 15 is 8.78 Å². The van der Waals surface area contributed by atoms with Crippen molar-refractivity contribution in [2.75, 3.05) is 33.3 Å². The maximum atomic E-state index is 17.9. The lowest BCUT2D eigenvalue weighted by molar-refractivity contribution is -0.0921. The van der Waals surface area contributed by atoms with Crippen LogP contribution in [0.1, 0.15) is 60.4 Å². The van der Waals surface area contributed by atoms with Crippen LogP contribution in [0.4, 0.5) is 14.6 Å². The average Bonchev–Trinajstić information content (AvgIpc) is 3.95. The van der Waals surface area contributed by atoms with Crippen molar-refractivity contribution in [3.63, 3.8) is 0 Å². The summed E-state index contributed by atoms with van der Waals surface area (Å²) in [4.78, 5) is 13.4. The Morgan fingerprint density at radius 1 is 0.620 bits per heavy atom. The molecule has 1 aliphatic heterocycles. The molecule has 71 heavy (non-hydrogen) atoms. The van der Waals surface area contributed by atoms with E-state index in [1.807, 2.05) is 164 Å². The number of methoxy groups -OCH3 is 3. The number of alkyl halides is 1. The summed E-state index contributed by atoms with van der Waals surface area (Å²) < 4.78 is 73.5. The van der Waals surface area contributed by atoms with Crippen molar-refractivity contribution in [3.8, 4) is 17.2 Å². The molecule has 8 aromatic rings. The van der Waals surface area contributed by atoms with Crippen molar-refractivity contribution >= 4 is 25.3 Å². The SMILES string of the molecule is COc1ccc(C(Nc2nc(F)nc3c2ncn3[C@@H]2OC(COC(c3ccccc3)(c3ccc(OC)cc3)c3ccc(OC)cc3)[C@@H](O[Si](C)(C)C(C)(C)C)[C@@H]2F)(c2ccccc2)c2ccccc2)cc1. The Bertz CT molecular complexity index is 2940. The number of aromatic nitrogens is 4. The van der Waals surface area contributed by atoms with Crippen LogP contribution < -0.4 is 19.5 Å². The van der Waals surface area contributed by atoms with Crippen LogP contribution >= 0.6 is 0 Å². The van der Waals surface area contributed by atoms with Crippen LogP contribution in [0.5, 0.6) is 17.2 Å². The summed E-state index contributed by atoms with van der Waals surface area (Å²) in [5.74, 6) is 2.10. The predicted molar refractivity (Wildman–Crippen MR) is 274 cm³/mol. The third-order valence-corrected chi connectivity index (χ3v) is 18.5. The molecule has 4 atom stereocenters. The van der Waals surface area contributed by atoms with Gasteiger partial charge in [-0.05, 0) is 87.9 Å². The van der Waals surface area contributed by atoms with Crippen molar-refractivity contribution in [2.24, 2.45) is 0 Å². The van der Waals surface area contributed by atoms with E-state index in [4.69, 9.17) is 33.1 Å². The molecule has 9 rings (SSSR count). The minimum atomic E-state index is -2.69. The van der Waals surface area contributed by atoms with Gasteiger partial charge in [-0.2, -0.15) is 14.4 Å². The third-order valence-electron chi connectivity index (χ3n) is 14.1. The summed E-state index contributed by atoms with van der Waals surface area (Å²) in [6.07, 6.45) is -4.82. The maximum absolute atomic E-state index is 17.9.